The Labute approximate surface area is 90.3 Å². The van der Waals surface area contributed by atoms with E-state index in [9.17, 15) is 4.79 Å². The SMILES string of the molecule is CCOC(=O)CC1CNCC2(CCC2)O1. The second kappa shape index (κ2) is 4.49. The minimum atomic E-state index is -0.152. The molecule has 4 nitrogen and oxygen atoms in total. The molecule has 2 aliphatic rings. The second-order valence-corrected chi connectivity index (χ2v) is 4.42. The lowest BCUT2D eigenvalue weighted by atomic mass is 9.79. The molecule has 0 amide bonds. The Balaban J connectivity index is 1.80. The van der Waals surface area contributed by atoms with Crippen LogP contribution in [0.5, 0.6) is 0 Å². The van der Waals surface area contributed by atoms with Crippen molar-refractivity contribution >= 4 is 5.97 Å². The van der Waals surface area contributed by atoms with E-state index in [-0.39, 0.29) is 17.7 Å². The van der Waals surface area contributed by atoms with E-state index in [0.717, 1.165) is 25.9 Å². The Kier molecular flexibility index (Phi) is 3.26. The van der Waals surface area contributed by atoms with Gasteiger partial charge in [-0.2, -0.15) is 0 Å². The van der Waals surface area contributed by atoms with Crippen LogP contribution in [0.2, 0.25) is 0 Å². The van der Waals surface area contributed by atoms with Gasteiger partial charge in [0.05, 0.1) is 24.7 Å². The highest BCUT2D eigenvalue weighted by molar-refractivity contribution is 5.70. The number of carbonyl (C=O) groups excluding carboxylic acids is 1. The van der Waals surface area contributed by atoms with Crippen LogP contribution >= 0.6 is 0 Å². The first-order valence-corrected chi connectivity index (χ1v) is 5.78. The summed E-state index contributed by atoms with van der Waals surface area (Å²) in [5, 5.41) is 3.34. The van der Waals surface area contributed by atoms with Crippen LogP contribution < -0.4 is 5.32 Å². The lowest BCUT2D eigenvalue weighted by Crippen LogP contribution is -2.57. The average molecular weight is 213 g/mol. The molecule has 86 valence electrons. The van der Waals surface area contributed by atoms with E-state index in [1.54, 1.807) is 0 Å². The van der Waals surface area contributed by atoms with Gasteiger partial charge in [0.25, 0.3) is 0 Å². The predicted octanol–water partition coefficient (Wildman–Crippen LogP) is 0.851. The molecule has 15 heavy (non-hydrogen) atoms. The van der Waals surface area contributed by atoms with Crippen molar-refractivity contribution in [3.8, 4) is 0 Å². The zero-order valence-electron chi connectivity index (χ0n) is 9.25. The molecule has 1 atom stereocenters. The highest BCUT2D eigenvalue weighted by Gasteiger charge is 2.42. The van der Waals surface area contributed by atoms with Crippen molar-refractivity contribution in [2.75, 3.05) is 19.7 Å². The molecule has 1 aliphatic heterocycles. The second-order valence-electron chi connectivity index (χ2n) is 4.42. The van der Waals surface area contributed by atoms with Crippen molar-refractivity contribution in [2.24, 2.45) is 0 Å². The number of morpholine rings is 1. The molecule has 1 saturated carbocycles. The molecule has 2 rings (SSSR count). The molecule has 1 N–H and O–H groups in total. The van der Waals surface area contributed by atoms with Gasteiger partial charge in [-0.05, 0) is 26.2 Å². The van der Waals surface area contributed by atoms with Crippen LogP contribution in [0.4, 0.5) is 0 Å². The Morgan fingerprint density at radius 1 is 1.60 bits per heavy atom. The van der Waals surface area contributed by atoms with Gasteiger partial charge in [-0.1, -0.05) is 0 Å². The van der Waals surface area contributed by atoms with Gasteiger partial charge in [-0.3, -0.25) is 4.79 Å². The van der Waals surface area contributed by atoms with Crippen molar-refractivity contribution in [3.63, 3.8) is 0 Å². The molecule has 0 radical (unpaired) electrons. The summed E-state index contributed by atoms with van der Waals surface area (Å²) in [5.74, 6) is -0.152. The van der Waals surface area contributed by atoms with Gasteiger partial charge in [0, 0.05) is 13.1 Å². The number of hydrogen-bond acceptors (Lipinski definition) is 4. The first-order chi connectivity index (χ1) is 7.24. The number of nitrogens with one attached hydrogen (secondary N) is 1. The van der Waals surface area contributed by atoms with Crippen LogP contribution in [0.1, 0.15) is 32.6 Å². The van der Waals surface area contributed by atoms with Crippen LogP contribution in [-0.4, -0.2) is 37.4 Å². The Bertz CT molecular complexity index is 238. The maximum absolute atomic E-state index is 11.3. The van der Waals surface area contributed by atoms with Gasteiger partial charge in [0.1, 0.15) is 0 Å². The monoisotopic (exact) mass is 213 g/mol. The van der Waals surface area contributed by atoms with E-state index in [1.165, 1.54) is 6.42 Å². The maximum Gasteiger partial charge on any atom is 0.308 e. The van der Waals surface area contributed by atoms with Gasteiger partial charge in [-0.15, -0.1) is 0 Å². The number of ether oxygens (including phenoxy) is 2. The topological polar surface area (TPSA) is 47.6 Å². The smallest absolute Gasteiger partial charge is 0.308 e. The molecule has 0 aromatic carbocycles. The average Bonchev–Trinajstić information content (AvgIpc) is 2.16. The van der Waals surface area contributed by atoms with Gasteiger partial charge in [0.15, 0.2) is 0 Å². The Hall–Kier alpha value is -0.610. The fourth-order valence-electron chi connectivity index (χ4n) is 2.28. The fraction of sp³-hybridized carbons (Fsp3) is 0.909. The van der Waals surface area contributed by atoms with Crippen LogP contribution in [0.15, 0.2) is 0 Å². The molecule has 1 heterocycles. The van der Waals surface area contributed by atoms with Crippen LogP contribution in [0, 0.1) is 0 Å². The summed E-state index contributed by atoms with van der Waals surface area (Å²) in [6.45, 7) is 3.97. The molecule has 0 aromatic heterocycles. The highest BCUT2D eigenvalue weighted by Crippen LogP contribution is 2.37. The summed E-state index contributed by atoms with van der Waals surface area (Å²) in [6, 6.07) is 0. The molecule has 1 aliphatic carbocycles. The van der Waals surface area contributed by atoms with Crippen LogP contribution in [0.25, 0.3) is 0 Å². The standard InChI is InChI=1S/C11H19NO3/c1-2-14-10(13)6-9-7-12-8-11(15-9)4-3-5-11/h9,12H,2-8H2,1H3. The zero-order chi connectivity index (χ0) is 10.7. The fourth-order valence-corrected chi connectivity index (χ4v) is 2.28. The molecule has 0 aromatic rings. The number of rotatable bonds is 3. The van der Waals surface area contributed by atoms with Crippen LogP contribution in [0.3, 0.4) is 0 Å². The summed E-state index contributed by atoms with van der Waals surface area (Å²) in [6.07, 6.45) is 3.87. The summed E-state index contributed by atoms with van der Waals surface area (Å²) in [4.78, 5) is 11.3. The molecule has 1 spiro atoms. The number of esters is 1. The summed E-state index contributed by atoms with van der Waals surface area (Å²) >= 11 is 0. The maximum atomic E-state index is 11.3. The van der Waals surface area contributed by atoms with E-state index < -0.39 is 0 Å². The molecule has 0 bridgehead atoms. The minimum Gasteiger partial charge on any atom is -0.466 e. The van der Waals surface area contributed by atoms with Gasteiger partial charge in [-0.25, -0.2) is 0 Å². The minimum absolute atomic E-state index is 0.00176. The van der Waals surface area contributed by atoms with E-state index in [1.807, 2.05) is 6.92 Å². The first-order valence-electron chi connectivity index (χ1n) is 5.78. The van der Waals surface area contributed by atoms with Crippen molar-refractivity contribution in [1.29, 1.82) is 0 Å². The quantitative estimate of drug-likeness (QED) is 0.706. The zero-order valence-corrected chi connectivity index (χ0v) is 9.25. The van der Waals surface area contributed by atoms with Gasteiger partial charge in [0.2, 0.25) is 0 Å². The van der Waals surface area contributed by atoms with Crippen molar-refractivity contribution in [2.45, 2.75) is 44.3 Å². The third-order valence-electron chi connectivity index (χ3n) is 3.20. The van der Waals surface area contributed by atoms with Crippen LogP contribution in [-0.2, 0) is 14.3 Å². The Morgan fingerprint density at radius 3 is 3.00 bits per heavy atom. The van der Waals surface area contributed by atoms with Crippen molar-refractivity contribution in [3.05, 3.63) is 0 Å². The van der Waals surface area contributed by atoms with Crippen molar-refractivity contribution < 1.29 is 14.3 Å². The lowest BCUT2D eigenvalue weighted by Gasteiger charge is -2.47. The third-order valence-corrected chi connectivity index (χ3v) is 3.20. The molecule has 1 unspecified atom stereocenters. The first kappa shape index (κ1) is 10.9. The normalized spacial score (nSPS) is 28.5. The third kappa shape index (κ3) is 2.49. The molecular weight excluding hydrogens is 194 g/mol. The Morgan fingerprint density at radius 2 is 2.40 bits per heavy atom. The van der Waals surface area contributed by atoms with Gasteiger partial charge < -0.3 is 14.8 Å². The van der Waals surface area contributed by atoms with Gasteiger partial charge >= 0.3 is 5.97 Å². The summed E-state index contributed by atoms with van der Waals surface area (Å²) in [7, 11) is 0. The lowest BCUT2D eigenvalue weighted by molar-refractivity contribution is -0.171. The summed E-state index contributed by atoms with van der Waals surface area (Å²) < 4.78 is 10.9. The molecular formula is C11H19NO3. The predicted molar refractivity (Wildman–Crippen MR) is 55.6 cm³/mol. The van der Waals surface area contributed by atoms with E-state index >= 15 is 0 Å². The van der Waals surface area contributed by atoms with E-state index in [4.69, 9.17) is 9.47 Å². The highest BCUT2D eigenvalue weighted by atomic mass is 16.5. The molecule has 4 heteroatoms. The molecule has 2 fully saturated rings. The van der Waals surface area contributed by atoms with E-state index in [2.05, 4.69) is 5.32 Å². The van der Waals surface area contributed by atoms with E-state index in [0.29, 0.717) is 13.0 Å². The van der Waals surface area contributed by atoms with Crippen molar-refractivity contribution in [1.82, 2.24) is 5.32 Å². The summed E-state index contributed by atoms with van der Waals surface area (Å²) in [5.41, 5.74) is 0.0371. The number of carbonyl (C=O) groups is 1. The largest absolute Gasteiger partial charge is 0.466 e. The molecule has 1 saturated heterocycles. The number of hydrogen-bond donors (Lipinski definition) is 1.